The molecule has 1 aromatic rings. The summed E-state index contributed by atoms with van der Waals surface area (Å²) in [5.41, 5.74) is -0.342. The third-order valence-corrected chi connectivity index (χ3v) is 9.64. The van der Waals surface area contributed by atoms with Gasteiger partial charge in [-0.3, -0.25) is 19.2 Å². The Hall–Kier alpha value is -3.43. The Labute approximate surface area is 267 Å². The number of Topliss-reactive ketones (excluding diaryl/α,β-unsaturated/α-hetero) is 1. The van der Waals surface area contributed by atoms with Gasteiger partial charge in [-0.05, 0) is 73.7 Å². The largest absolute Gasteiger partial charge is 0.444 e. The zero-order valence-electron chi connectivity index (χ0n) is 28.4. The van der Waals surface area contributed by atoms with E-state index in [0.29, 0.717) is 31.8 Å². The van der Waals surface area contributed by atoms with E-state index in [4.69, 9.17) is 4.74 Å². The summed E-state index contributed by atoms with van der Waals surface area (Å²) >= 11 is 0. The highest BCUT2D eigenvalue weighted by molar-refractivity contribution is 6.38. The molecule has 10 heteroatoms. The van der Waals surface area contributed by atoms with Crippen LogP contribution in [-0.4, -0.2) is 71.3 Å². The van der Waals surface area contributed by atoms with Crippen molar-refractivity contribution in [3.63, 3.8) is 0 Å². The molecule has 1 saturated heterocycles. The summed E-state index contributed by atoms with van der Waals surface area (Å²) < 4.78 is 5.43. The number of benzene rings is 1. The zero-order valence-corrected chi connectivity index (χ0v) is 28.4. The molecule has 1 aliphatic heterocycles. The van der Waals surface area contributed by atoms with Crippen molar-refractivity contribution in [3.8, 4) is 0 Å². The van der Waals surface area contributed by atoms with Crippen LogP contribution < -0.4 is 16.0 Å². The van der Waals surface area contributed by atoms with Gasteiger partial charge in [0.15, 0.2) is 0 Å². The highest BCUT2D eigenvalue weighted by Gasteiger charge is 2.70. The molecule has 248 valence electrons. The predicted molar refractivity (Wildman–Crippen MR) is 171 cm³/mol. The Morgan fingerprint density at radius 1 is 1.00 bits per heavy atom. The molecule has 45 heavy (non-hydrogen) atoms. The van der Waals surface area contributed by atoms with Gasteiger partial charge in [0.25, 0.3) is 5.91 Å². The van der Waals surface area contributed by atoms with Crippen molar-refractivity contribution in [3.05, 3.63) is 35.9 Å². The summed E-state index contributed by atoms with van der Waals surface area (Å²) in [7, 11) is 0. The van der Waals surface area contributed by atoms with Crippen molar-refractivity contribution in [2.75, 3.05) is 13.1 Å². The molecule has 3 fully saturated rings. The lowest BCUT2D eigenvalue weighted by molar-refractivity contribution is -0.145. The molecule has 10 nitrogen and oxygen atoms in total. The average Bonchev–Trinajstić information content (AvgIpc) is 3.76. The minimum Gasteiger partial charge on any atom is -0.444 e. The van der Waals surface area contributed by atoms with E-state index in [1.165, 1.54) is 5.56 Å². The molecule has 7 atom stereocenters. The SMILES string of the molecule is CCCC(NC(=O)C1C2C(CN1C(=O)[C@@H](NC(=O)OC(C)(C)C)C(C)(C)C)C2(C)C)C(=O)C(=O)NCC1CC1c1ccccc1. The summed E-state index contributed by atoms with van der Waals surface area (Å²) in [6, 6.07) is 7.35. The second-order valence-corrected chi connectivity index (χ2v) is 15.8. The van der Waals surface area contributed by atoms with Gasteiger partial charge in [-0.2, -0.15) is 0 Å². The summed E-state index contributed by atoms with van der Waals surface area (Å²) in [4.78, 5) is 68.6. The van der Waals surface area contributed by atoms with Crippen LogP contribution in [-0.2, 0) is 23.9 Å². The third-order valence-electron chi connectivity index (χ3n) is 9.64. The normalized spacial score (nSPS) is 26.2. The molecule has 6 unspecified atom stereocenters. The van der Waals surface area contributed by atoms with Gasteiger partial charge in [-0.1, -0.05) is 78.3 Å². The van der Waals surface area contributed by atoms with Crippen LogP contribution in [0.2, 0.25) is 0 Å². The van der Waals surface area contributed by atoms with Gasteiger partial charge in [0.2, 0.25) is 17.6 Å². The number of rotatable bonds is 11. The van der Waals surface area contributed by atoms with Gasteiger partial charge < -0.3 is 25.6 Å². The Kier molecular flexibility index (Phi) is 9.76. The topological polar surface area (TPSA) is 134 Å². The number of hydrogen-bond donors (Lipinski definition) is 3. The van der Waals surface area contributed by atoms with E-state index in [1.54, 1.807) is 25.7 Å². The fraction of sp³-hybridized carbons (Fsp3) is 0.686. The van der Waals surface area contributed by atoms with Gasteiger partial charge in [0.05, 0.1) is 6.04 Å². The molecule has 4 rings (SSSR count). The molecule has 3 N–H and O–H groups in total. The van der Waals surface area contributed by atoms with Crippen LogP contribution in [0.15, 0.2) is 30.3 Å². The predicted octanol–water partition coefficient (Wildman–Crippen LogP) is 4.18. The molecule has 4 amide bonds. The maximum Gasteiger partial charge on any atom is 0.408 e. The molecular weight excluding hydrogens is 572 g/mol. The first-order valence-corrected chi connectivity index (χ1v) is 16.3. The highest BCUT2D eigenvalue weighted by Crippen LogP contribution is 2.65. The van der Waals surface area contributed by atoms with Gasteiger partial charge in [-0.15, -0.1) is 0 Å². The fourth-order valence-electron chi connectivity index (χ4n) is 6.92. The number of alkyl carbamates (subject to hydrolysis) is 1. The van der Waals surface area contributed by atoms with Gasteiger partial charge in [0, 0.05) is 13.1 Å². The first-order valence-electron chi connectivity index (χ1n) is 16.3. The minimum absolute atomic E-state index is 0.0976. The summed E-state index contributed by atoms with van der Waals surface area (Å²) in [5, 5.41) is 8.39. The third kappa shape index (κ3) is 7.87. The van der Waals surface area contributed by atoms with Crippen molar-refractivity contribution in [1.29, 1.82) is 0 Å². The average molecular weight is 625 g/mol. The summed E-state index contributed by atoms with van der Waals surface area (Å²) in [6.45, 7) is 17.6. The van der Waals surface area contributed by atoms with E-state index in [1.807, 2.05) is 45.9 Å². The first-order chi connectivity index (χ1) is 20.9. The number of carbonyl (C=O) groups excluding carboxylic acids is 5. The van der Waals surface area contributed by atoms with Crippen LogP contribution >= 0.6 is 0 Å². The molecule has 1 heterocycles. The van der Waals surface area contributed by atoms with E-state index in [2.05, 4.69) is 41.9 Å². The Balaban J connectivity index is 1.44. The number of amides is 4. The lowest BCUT2D eigenvalue weighted by atomic mass is 9.85. The van der Waals surface area contributed by atoms with Crippen LogP contribution in [0.4, 0.5) is 4.79 Å². The summed E-state index contributed by atoms with van der Waals surface area (Å²) in [5.74, 6) is -1.54. The quantitative estimate of drug-likeness (QED) is 0.317. The lowest BCUT2D eigenvalue weighted by Crippen LogP contribution is -2.60. The number of carbonyl (C=O) groups is 5. The van der Waals surface area contributed by atoms with Gasteiger partial charge in [-0.25, -0.2) is 4.79 Å². The zero-order chi connectivity index (χ0) is 33.5. The second-order valence-electron chi connectivity index (χ2n) is 15.8. The molecule has 0 bridgehead atoms. The van der Waals surface area contributed by atoms with Crippen molar-refractivity contribution in [1.82, 2.24) is 20.9 Å². The number of fused-ring (bicyclic) bond motifs is 1. The molecule has 1 aromatic carbocycles. The number of piperidine rings is 1. The first kappa shape index (κ1) is 34.4. The smallest absolute Gasteiger partial charge is 0.408 e. The van der Waals surface area contributed by atoms with E-state index in [-0.39, 0.29) is 29.1 Å². The highest BCUT2D eigenvalue weighted by atomic mass is 16.6. The summed E-state index contributed by atoms with van der Waals surface area (Å²) in [6.07, 6.45) is 1.13. The molecular formula is C35H52N4O6. The molecule has 0 radical (unpaired) electrons. The van der Waals surface area contributed by atoms with Crippen LogP contribution in [0.3, 0.4) is 0 Å². The molecule has 2 aliphatic carbocycles. The van der Waals surface area contributed by atoms with Crippen molar-refractivity contribution < 1.29 is 28.7 Å². The van der Waals surface area contributed by atoms with Crippen LogP contribution in [0, 0.1) is 28.6 Å². The Morgan fingerprint density at radius 2 is 1.64 bits per heavy atom. The minimum atomic E-state index is -0.997. The van der Waals surface area contributed by atoms with E-state index in [9.17, 15) is 24.0 Å². The Morgan fingerprint density at radius 3 is 2.22 bits per heavy atom. The van der Waals surface area contributed by atoms with E-state index in [0.717, 1.165) is 6.42 Å². The maximum atomic E-state index is 14.1. The molecule has 2 saturated carbocycles. The standard InChI is InChI=1S/C35H52N4O6/c1-10-14-24(27(40)30(42)36-18-21-17-22(21)20-15-12-11-13-16-20)37-29(41)26-25-23(35(25,8)9)19-39(26)31(43)28(33(2,3)4)38-32(44)45-34(5,6)7/h11-13,15-16,21-26,28H,10,14,17-19H2,1-9H3,(H,36,42)(H,37,41)(H,38,44)/t21?,22?,23?,24?,25?,26?,28-/m1/s1. The van der Waals surface area contributed by atoms with Crippen molar-refractivity contribution in [2.45, 2.75) is 111 Å². The van der Waals surface area contributed by atoms with Crippen LogP contribution in [0.1, 0.15) is 93.1 Å². The van der Waals surface area contributed by atoms with Gasteiger partial charge in [0.1, 0.15) is 17.7 Å². The maximum absolute atomic E-state index is 14.1. The number of ketones is 1. The Bertz CT molecular complexity index is 1300. The van der Waals surface area contributed by atoms with Gasteiger partial charge >= 0.3 is 6.09 Å². The van der Waals surface area contributed by atoms with Crippen LogP contribution in [0.5, 0.6) is 0 Å². The molecule has 3 aliphatic rings. The monoisotopic (exact) mass is 624 g/mol. The number of hydrogen-bond acceptors (Lipinski definition) is 6. The number of ether oxygens (including phenoxy) is 1. The lowest BCUT2D eigenvalue weighted by Gasteiger charge is -2.38. The molecule has 0 spiro atoms. The van der Waals surface area contributed by atoms with E-state index >= 15 is 0 Å². The number of likely N-dealkylation sites (tertiary alicyclic amines) is 1. The van der Waals surface area contributed by atoms with Crippen LogP contribution in [0.25, 0.3) is 0 Å². The fourth-order valence-corrected chi connectivity index (χ4v) is 6.92. The number of nitrogens with one attached hydrogen (secondary N) is 3. The van der Waals surface area contributed by atoms with Crippen molar-refractivity contribution >= 4 is 29.6 Å². The number of nitrogens with zero attached hydrogens (tertiary/aromatic N) is 1. The van der Waals surface area contributed by atoms with E-state index < -0.39 is 52.8 Å². The second kappa shape index (κ2) is 12.8. The molecule has 0 aromatic heterocycles. The van der Waals surface area contributed by atoms with Crippen molar-refractivity contribution in [2.24, 2.45) is 28.6 Å².